The van der Waals surface area contributed by atoms with E-state index in [0.717, 1.165) is 12.0 Å². The summed E-state index contributed by atoms with van der Waals surface area (Å²) in [5, 5.41) is 2.95. The Bertz CT molecular complexity index is 1030. The molecule has 150 valence electrons. The molecule has 1 saturated heterocycles. The van der Waals surface area contributed by atoms with Crippen LogP contribution in [0, 0.1) is 0 Å². The van der Waals surface area contributed by atoms with Gasteiger partial charge in [-0.3, -0.25) is 14.6 Å². The number of fused-ring (bicyclic) bond motifs is 1. The lowest BCUT2D eigenvalue weighted by Crippen LogP contribution is -2.41. The van der Waals surface area contributed by atoms with Crippen molar-refractivity contribution in [3.05, 3.63) is 59.7 Å². The molecule has 0 unspecified atom stereocenters. The van der Waals surface area contributed by atoms with Crippen LogP contribution in [0.3, 0.4) is 0 Å². The van der Waals surface area contributed by atoms with Crippen molar-refractivity contribution in [1.82, 2.24) is 20.2 Å². The first-order valence-electron chi connectivity index (χ1n) is 9.87. The van der Waals surface area contributed by atoms with Crippen molar-refractivity contribution in [2.24, 2.45) is 0 Å². The molecule has 1 aliphatic rings. The van der Waals surface area contributed by atoms with Gasteiger partial charge in [0.05, 0.1) is 0 Å². The van der Waals surface area contributed by atoms with Gasteiger partial charge in [0.2, 0.25) is 5.91 Å². The van der Waals surface area contributed by atoms with Crippen LogP contribution in [0.4, 0.5) is 0 Å². The third kappa shape index (κ3) is 4.29. The Labute approximate surface area is 169 Å². The molecule has 2 aromatic heterocycles. The monoisotopic (exact) mass is 392 g/mol. The zero-order valence-electron chi connectivity index (χ0n) is 16.6. The Balaban J connectivity index is 1.60. The lowest BCUT2D eigenvalue weighted by molar-refractivity contribution is -0.119. The molecule has 7 nitrogen and oxygen atoms in total. The first-order chi connectivity index (χ1) is 14.0. The summed E-state index contributed by atoms with van der Waals surface area (Å²) in [7, 11) is 0. The Hall–Kier alpha value is -3.22. The molecule has 4 rings (SSSR count). The topological polar surface area (TPSA) is 88.3 Å². The van der Waals surface area contributed by atoms with Crippen molar-refractivity contribution in [1.29, 1.82) is 0 Å². The molecule has 0 aliphatic carbocycles. The second-order valence-electron chi connectivity index (χ2n) is 7.74. The molecule has 1 aromatic carbocycles. The van der Waals surface area contributed by atoms with E-state index in [2.05, 4.69) is 15.3 Å². The second-order valence-corrected chi connectivity index (χ2v) is 7.74. The predicted octanol–water partition coefficient (Wildman–Crippen LogP) is 3.27. The fourth-order valence-electron chi connectivity index (χ4n) is 3.52. The minimum Gasteiger partial charge on any atom is -0.440 e. The molecule has 0 spiro atoms. The summed E-state index contributed by atoms with van der Waals surface area (Å²) in [5.41, 5.74) is 2.84. The van der Waals surface area contributed by atoms with Crippen molar-refractivity contribution in [2.45, 2.75) is 45.2 Å². The van der Waals surface area contributed by atoms with E-state index in [0.29, 0.717) is 42.1 Å². The molecule has 7 heteroatoms. The number of pyridine rings is 1. The largest absolute Gasteiger partial charge is 0.440 e. The van der Waals surface area contributed by atoms with E-state index in [9.17, 15) is 9.59 Å². The summed E-state index contributed by atoms with van der Waals surface area (Å²) in [6.07, 6.45) is 4.69. The van der Waals surface area contributed by atoms with Crippen LogP contribution < -0.4 is 5.32 Å². The van der Waals surface area contributed by atoms with Gasteiger partial charge in [0.1, 0.15) is 5.52 Å². The highest BCUT2D eigenvalue weighted by Gasteiger charge is 2.26. The SMILES string of the molecule is CC(C)c1nc2cc(C(=O)N(Cc3cccnc3)C[C@@H]3CCC(=O)N3)ccc2o1. The fourth-order valence-corrected chi connectivity index (χ4v) is 3.52. The first-order valence-corrected chi connectivity index (χ1v) is 9.87. The maximum absolute atomic E-state index is 13.3. The molecule has 3 aromatic rings. The lowest BCUT2D eigenvalue weighted by Gasteiger charge is -2.26. The molecule has 29 heavy (non-hydrogen) atoms. The van der Waals surface area contributed by atoms with E-state index < -0.39 is 0 Å². The normalized spacial score (nSPS) is 16.4. The molecule has 1 aliphatic heterocycles. The average Bonchev–Trinajstić information content (AvgIpc) is 3.33. The highest BCUT2D eigenvalue weighted by molar-refractivity contribution is 5.97. The lowest BCUT2D eigenvalue weighted by atomic mass is 10.1. The van der Waals surface area contributed by atoms with Gasteiger partial charge in [-0.15, -0.1) is 0 Å². The smallest absolute Gasteiger partial charge is 0.254 e. The highest BCUT2D eigenvalue weighted by Crippen LogP contribution is 2.23. The third-order valence-corrected chi connectivity index (χ3v) is 5.05. The van der Waals surface area contributed by atoms with Crippen LogP contribution >= 0.6 is 0 Å². The number of rotatable bonds is 6. The quantitative estimate of drug-likeness (QED) is 0.696. The summed E-state index contributed by atoms with van der Waals surface area (Å²) < 4.78 is 5.75. The molecule has 3 heterocycles. The number of carbonyl (C=O) groups is 2. The van der Waals surface area contributed by atoms with Gasteiger partial charge in [0.15, 0.2) is 11.5 Å². The number of amides is 2. The Kier molecular flexibility index (Phi) is 5.29. The van der Waals surface area contributed by atoms with E-state index in [1.54, 1.807) is 35.5 Å². The van der Waals surface area contributed by atoms with Crippen LogP contribution in [0.15, 0.2) is 47.1 Å². The van der Waals surface area contributed by atoms with E-state index >= 15 is 0 Å². The summed E-state index contributed by atoms with van der Waals surface area (Å²) in [6, 6.07) is 9.09. The van der Waals surface area contributed by atoms with E-state index in [1.165, 1.54) is 0 Å². The maximum atomic E-state index is 13.3. The summed E-state index contributed by atoms with van der Waals surface area (Å²) >= 11 is 0. The summed E-state index contributed by atoms with van der Waals surface area (Å²) in [4.78, 5) is 35.3. The van der Waals surface area contributed by atoms with Gasteiger partial charge >= 0.3 is 0 Å². The first kappa shape index (κ1) is 19.1. The zero-order chi connectivity index (χ0) is 20.4. The van der Waals surface area contributed by atoms with Crippen LogP contribution in [0.1, 0.15) is 54.4 Å². The van der Waals surface area contributed by atoms with Crippen LogP contribution in [0.5, 0.6) is 0 Å². The van der Waals surface area contributed by atoms with Gasteiger partial charge < -0.3 is 14.6 Å². The molecular formula is C22H24N4O3. The van der Waals surface area contributed by atoms with Gasteiger partial charge in [-0.1, -0.05) is 19.9 Å². The zero-order valence-corrected chi connectivity index (χ0v) is 16.6. The Morgan fingerprint density at radius 1 is 1.34 bits per heavy atom. The van der Waals surface area contributed by atoms with E-state index in [-0.39, 0.29) is 23.8 Å². The number of nitrogens with one attached hydrogen (secondary N) is 1. The number of aromatic nitrogens is 2. The third-order valence-electron chi connectivity index (χ3n) is 5.05. The van der Waals surface area contributed by atoms with E-state index in [4.69, 9.17) is 4.42 Å². The van der Waals surface area contributed by atoms with Gasteiger partial charge in [0, 0.05) is 49.4 Å². The van der Waals surface area contributed by atoms with Gasteiger partial charge in [-0.2, -0.15) is 0 Å². The van der Waals surface area contributed by atoms with Gasteiger partial charge in [-0.05, 0) is 36.2 Å². The van der Waals surface area contributed by atoms with E-state index in [1.807, 2.05) is 26.0 Å². The summed E-state index contributed by atoms with van der Waals surface area (Å²) in [6.45, 7) is 4.91. The van der Waals surface area contributed by atoms with Gasteiger partial charge in [0.25, 0.3) is 5.91 Å². The standard InChI is InChI=1S/C22H24N4O3/c1-14(2)21-25-18-10-16(5-7-19(18)29-21)22(28)26(12-15-4-3-9-23-11-15)13-17-6-8-20(27)24-17/h3-5,7,9-11,14,17H,6,8,12-13H2,1-2H3,(H,24,27)/t17-/m0/s1. The molecule has 1 N–H and O–H groups in total. The molecule has 1 atom stereocenters. The Morgan fingerprint density at radius 2 is 2.21 bits per heavy atom. The second kappa shape index (κ2) is 8.03. The average molecular weight is 392 g/mol. The molecular weight excluding hydrogens is 368 g/mol. The molecule has 2 amide bonds. The number of oxazole rings is 1. The Morgan fingerprint density at radius 3 is 2.90 bits per heavy atom. The number of hydrogen-bond acceptors (Lipinski definition) is 5. The number of nitrogens with zero attached hydrogens (tertiary/aromatic N) is 3. The van der Waals surface area contributed by atoms with Gasteiger partial charge in [-0.25, -0.2) is 4.98 Å². The van der Waals surface area contributed by atoms with Crippen molar-refractivity contribution in [2.75, 3.05) is 6.54 Å². The van der Waals surface area contributed by atoms with Crippen LogP contribution in [-0.2, 0) is 11.3 Å². The number of benzene rings is 1. The number of carbonyl (C=O) groups excluding carboxylic acids is 2. The number of hydrogen-bond donors (Lipinski definition) is 1. The van der Waals surface area contributed by atoms with Crippen LogP contribution in [0.25, 0.3) is 11.1 Å². The van der Waals surface area contributed by atoms with Crippen molar-refractivity contribution >= 4 is 22.9 Å². The molecule has 0 bridgehead atoms. The van der Waals surface area contributed by atoms with Crippen molar-refractivity contribution < 1.29 is 14.0 Å². The maximum Gasteiger partial charge on any atom is 0.254 e. The molecule has 0 saturated carbocycles. The molecule has 0 radical (unpaired) electrons. The predicted molar refractivity (Wildman–Crippen MR) is 108 cm³/mol. The van der Waals surface area contributed by atoms with Crippen molar-refractivity contribution in [3.63, 3.8) is 0 Å². The fraction of sp³-hybridized carbons (Fsp3) is 0.364. The summed E-state index contributed by atoms with van der Waals surface area (Å²) in [5.74, 6) is 0.764. The molecule has 1 fully saturated rings. The van der Waals surface area contributed by atoms with Crippen LogP contribution in [-0.4, -0.2) is 39.3 Å². The highest BCUT2D eigenvalue weighted by atomic mass is 16.3. The van der Waals surface area contributed by atoms with Crippen LogP contribution in [0.2, 0.25) is 0 Å². The minimum absolute atomic E-state index is 0.0357. The van der Waals surface area contributed by atoms with Crippen molar-refractivity contribution in [3.8, 4) is 0 Å². The minimum atomic E-state index is -0.106.